The zero-order valence-electron chi connectivity index (χ0n) is 24.7. The lowest BCUT2D eigenvalue weighted by molar-refractivity contribution is -0.140. The summed E-state index contributed by atoms with van der Waals surface area (Å²) in [4.78, 5) is 28.8. The number of methoxy groups -OCH3 is 3. The number of hydrogen-bond acceptors (Lipinski definition) is 7. The lowest BCUT2D eigenvalue weighted by atomic mass is 10.1. The third-order valence-electron chi connectivity index (χ3n) is 6.70. The van der Waals surface area contributed by atoms with Crippen molar-refractivity contribution in [3.63, 3.8) is 0 Å². The van der Waals surface area contributed by atoms with Gasteiger partial charge in [-0.1, -0.05) is 38.1 Å². The molecule has 0 spiro atoms. The number of hydrogen-bond donors (Lipinski definition) is 1. The van der Waals surface area contributed by atoms with E-state index < -0.39 is 28.5 Å². The van der Waals surface area contributed by atoms with Gasteiger partial charge in [-0.3, -0.25) is 13.9 Å². The fourth-order valence-corrected chi connectivity index (χ4v) is 5.90. The molecule has 42 heavy (non-hydrogen) atoms. The number of carbonyl (C=O) groups is 2. The zero-order valence-corrected chi connectivity index (χ0v) is 25.5. The maximum absolute atomic E-state index is 14.2. The summed E-state index contributed by atoms with van der Waals surface area (Å²) in [6, 6.07) is 18.8. The zero-order chi connectivity index (χ0) is 30.7. The van der Waals surface area contributed by atoms with Crippen LogP contribution in [0.4, 0.5) is 5.69 Å². The minimum absolute atomic E-state index is 0.0333. The Balaban J connectivity index is 2.10. The number of para-hydroxylation sites is 2. The minimum Gasteiger partial charge on any atom is -0.497 e. The molecule has 0 saturated heterocycles. The SMILES string of the molecule is CCCNC(=O)C(CC)N(Cc1cccc(OC)c1)C(=O)CN(c1ccccc1OC)S(=O)(=O)c1ccc(OC)cc1. The number of nitrogens with one attached hydrogen (secondary N) is 1. The van der Waals surface area contributed by atoms with Gasteiger partial charge in [0.15, 0.2) is 0 Å². The number of rotatable bonds is 15. The first-order chi connectivity index (χ1) is 20.2. The maximum Gasteiger partial charge on any atom is 0.264 e. The standard InChI is InChI=1S/C31H39N3O7S/c1-6-19-32-31(36)27(7-2)33(21-23-11-10-12-25(20-23)40-4)30(35)22-34(28-13-8-9-14-29(28)41-5)42(37,38)26-17-15-24(39-3)16-18-26/h8-18,20,27H,6-7,19,21-22H2,1-5H3,(H,32,36). The molecule has 0 aromatic heterocycles. The summed E-state index contributed by atoms with van der Waals surface area (Å²) >= 11 is 0. The van der Waals surface area contributed by atoms with Crippen molar-refractivity contribution in [2.75, 3.05) is 38.7 Å². The molecule has 0 radical (unpaired) electrons. The van der Waals surface area contributed by atoms with Crippen molar-refractivity contribution in [3.05, 3.63) is 78.4 Å². The number of amides is 2. The Morgan fingerprint density at radius 1 is 0.857 bits per heavy atom. The van der Waals surface area contributed by atoms with Crippen LogP contribution >= 0.6 is 0 Å². The van der Waals surface area contributed by atoms with Crippen molar-refractivity contribution < 1.29 is 32.2 Å². The van der Waals surface area contributed by atoms with Gasteiger partial charge in [0.25, 0.3) is 10.0 Å². The summed E-state index contributed by atoms with van der Waals surface area (Å²) in [7, 11) is 0.202. The number of benzene rings is 3. The van der Waals surface area contributed by atoms with E-state index in [1.54, 1.807) is 49.6 Å². The van der Waals surface area contributed by atoms with Gasteiger partial charge in [-0.2, -0.15) is 0 Å². The minimum atomic E-state index is -4.26. The predicted octanol–water partition coefficient (Wildman–Crippen LogP) is 4.24. The molecule has 0 bridgehead atoms. The van der Waals surface area contributed by atoms with Crippen molar-refractivity contribution in [2.45, 2.75) is 44.2 Å². The highest BCUT2D eigenvalue weighted by atomic mass is 32.2. The Labute approximate surface area is 248 Å². The topological polar surface area (TPSA) is 114 Å². The first kappa shape index (κ1) is 32.3. The van der Waals surface area contributed by atoms with Gasteiger partial charge in [-0.15, -0.1) is 0 Å². The first-order valence-corrected chi connectivity index (χ1v) is 15.1. The van der Waals surface area contributed by atoms with E-state index in [2.05, 4.69) is 5.32 Å². The second kappa shape index (κ2) is 15.1. The van der Waals surface area contributed by atoms with E-state index in [0.29, 0.717) is 24.5 Å². The maximum atomic E-state index is 14.2. The number of sulfonamides is 1. The highest BCUT2D eigenvalue weighted by Gasteiger charge is 2.34. The van der Waals surface area contributed by atoms with E-state index in [1.165, 1.54) is 43.4 Å². The van der Waals surface area contributed by atoms with E-state index >= 15 is 0 Å². The molecule has 11 heteroatoms. The first-order valence-electron chi connectivity index (χ1n) is 13.7. The van der Waals surface area contributed by atoms with Crippen LogP contribution in [0.1, 0.15) is 32.3 Å². The van der Waals surface area contributed by atoms with Gasteiger partial charge in [-0.25, -0.2) is 8.42 Å². The molecule has 1 unspecified atom stereocenters. The van der Waals surface area contributed by atoms with Gasteiger partial charge in [0.2, 0.25) is 11.8 Å². The fourth-order valence-electron chi connectivity index (χ4n) is 4.48. The molecule has 1 atom stereocenters. The van der Waals surface area contributed by atoms with Crippen LogP contribution in [0.25, 0.3) is 0 Å². The predicted molar refractivity (Wildman–Crippen MR) is 161 cm³/mol. The third-order valence-corrected chi connectivity index (χ3v) is 8.48. The molecule has 0 fully saturated rings. The normalized spacial score (nSPS) is 11.7. The van der Waals surface area contributed by atoms with Gasteiger partial charge >= 0.3 is 0 Å². The average molecular weight is 598 g/mol. The van der Waals surface area contributed by atoms with E-state index in [9.17, 15) is 18.0 Å². The molecule has 2 amide bonds. The van der Waals surface area contributed by atoms with Crippen LogP contribution in [0.3, 0.4) is 0 Å². The van der Waals surface area contributed by atoms with E-state index in [1.807, 2.05) is 19.9 Å². The van der Waals surface area contributed by atoms with Gasteiger partial charge in [-0.05, 0) is 66.9 Å². The van der Waals surface area contributed by atoms with Crippen LogP contribution in [0.5, 0.6) is 17.2 Å². The molecular weight excluding hydrogens is 558 g/mol. The molecular formula is C31H39N3O7S. The Kier molecular flexibility index (Phi) is 11.6. The molecule has 0 aliphatic carbocycles. The summed E-state index contributed by atoms with van der Waals surface area (Å²) in [6.45, 7) is 3.70. The van der Waals surface area contributed by atoms with Gasteiger partial charge in [0.1, 0.15) is 29.8 Å². The summed E-state index contributed by atoms with van der Waals surface area (Å²) in [5.41, 5.74) is 0.917. The van der Waals surface area contributed by atoms with Crippen LogP contribution in [0.15, 0.2) is 77.7 Å². The quantitative estimate of drug-likeness (QED) is 0.279. The van der Waals surface area contributed by atoms with Crippen LogP contribution in [0.2, 0.25) is 0 Å². The second-order valence-electron chi connectivity index (χ2n) is 9.45. The number of anilines is 1. The van der Waals surface area contributed by atoms with Crippen LogP contribution in [-0.4, -0.2) is 65.6 Å². The molecule has 1 N–H and O–H groups in total. The summed E-state index contributed by atoms with van der Waals surface area (Å²) in [5, 5.41) is 2.88. The Morgan fingerprint density at radius 2 is 1.55 bits per heavy atom. The number of nitrogens with zero attached hydrogens (tertiary/aromatic N) is 2. The largest absolute Gasteiger partial charge is 0.497 e. The molecule has 0 heterocycles. The molecule has 0 aliphatic rings. The van der Waals surface area contributed by atoms with Crippen LogP contribution in [0, 0.1) is 0 Å². The van der Waals surface area contributed by atoms with E-state index in [0.717, 1.165) is 16.3 Å². The monoisotopic (exact) mass is 597 g/mol. The van der Waals surface area contributed by atoms with Crippen molar-refractivity contribution in [1.82, 2.24) is 10.2 Å². The van der Waals surface area contributed by atoms with Crippen molar-refractivity contribution in [2.24, 2.45) is 0 Å². The smallest absolute Gasteiger partial charge is 0.264 e. The molecule has 226 valence electrons. The molecule has 3 aromatic rings. The average Bonchev–Trinajstić information content (AvgIpc) is 3.02. The lowest BCUT2D eigenvalue weighted by Crippen LogP contribution is -2.52. The Bertz CT molecular complexity index is 1440. The van der Waals surface area contributed by atoms with Crippen molar-refractivity contribution in [1.29, 1.82) is 0 Å². The second-order valence-corrected chi connectivity index (χ2v) is 11.3. The van der Waals surface area contributed by atoms with E-state index in [-0.39, 0.29) is 28.8 Å². The summed E-state index contributed by atoms with van der Waals surface area (Å²) in [5.74, 6) is 0.495. The molecule has 3 rings (SSSR count). The van der Waals surface area contributed by atoms with Gasteiger partial charge < -0.3 is 24.4 Å². The van der Waals surface area contributed by atoms with Gasteiger partial charge in [0, 0.05) is 13.1 Å². The molecule has 10 nitrogen and oxygen atoms in total. The molecule has 3 aromatic carbocycles. The van der Waals surface area contributed by atoms with Crippen LogP contribution < -0.4 is 23.8 Å². The van der Waals surface area contributed by atoms with E-state index in [4.69, 9.17) is 14.2 Å². The number of carbonyl (C=O) groups excluding carboxylic acids is 2. The third kappa shape index (κ3) is 7.73. The number of ether oxygens (including phenoxy) is 3. The fraction of sp³-hybridized carbons (Fsp3) is 0.355. The summed E-state index contributed by atoms with van der Waals surface area (Å²) < 4.78 is 45.2. The van der Waals surface area contributed by atoms with Crippen molar-refractivity contribution >= 4 is 27.5 Å². The van der Waals surface area contributed by atoms with Gasteiger partial charge in [0.05, 0.1) is 31.9 Å². The van der Waals surface area contributed by atoms with Crippen molar-refractivity contribution in [3.8, 4) is 17.2 Å². The Hall–Kier alpha value is -4.25. The lowest BCUT2D eigenvalue weighted by Gasteiger charge is -2.33. The highest BCUT2D eigenvalue weighted by Crippen LogP contribution is 2.33. The van der Waals surface area contributed by atoms with Crippen LogP contribution in [-0.2, 0) is 26.2 Å². The Morgan fingerprint density at radius 3 is 2.17 bits per heavy atom. The highest BCUT2D eigenvalue weighted by molar-refractivity contribution is 7.92. The molecule has 0 saturated carbocycles. The summed E-state index contributed by atoms with van der Waals surface area (Å²) in [6.07, 6.45) is 1.05. The molecule has 0 aliphatic heterocycles.